The van der Waals surface area contributed by atoms with Crippen LogP contribution in [-0.4, -0.2) is 52.2 Å². The van der Waals surface area contributed by atoms with Crippen molar-refractivity contribution in [3.63, 3.8) is 0 Å². The van der Waals surface area contributed by atoms with E-state index in [1.54, 1.807) is 24.4 Å². The van der Waals surface area contributed by atoms with Crippen molar-refractivity contribution >= 4 is 24.8 Å². The number of pyridine rings is 1. The molecule has 3 aromatic rings. The summed E-state index contributed by atoms with van der Waals surface area (Å²) in [5, 5.41) is 26.4. The first-order valence-electron chi connectivity index (χ1n) is 9.55. The predicted molar refractivity (Wildman–Crippen MR) is 121 cm³/mol. The highest BCUT2D eigenvalue weighted by Crippen LogP contribution is 2.31. The van der Waals surface area contributed by atoms with Crippen molar-refractivity contribution in [3.05, 3.63) is 37.1 Å². The molecule has 1 aliphatic rings. The Kier molecular flexibility index (Phi) is 7.46. The first-order chi connectivity index (χ1) is 13.7. The third kappa shape index (κ3) is 5.81. The second-order valence-electron chi connectivity index (χ2n) is 8.70. The van der Waals surface area contributed by atoms with Gasteiger partial charge >= 0.3 is 0 Å². The lowest BCUT2D eigenvalue weighted by Crippen LogP contribution is -2.60. The zero-order valence-electron chi connectivity index (χ0n) is 17.8. The van der Waals surface area contributed by atoms with E-state index in [9.17, 15) is 5.11 Å². The van der Waals surface area contributed by atoms with Gasteiger partial charge < -0.3 is 15.2 Å². The van der Waals surface area contributed by atoms with Crippen molar-refractivity contribution in [1.82, 2.24) is 35.3 Å². The van der Waals surface area contributed by atoms with Crippen LogP contribution in [0.1, 0.15) is 40.5 Å². The molecule has 11 heteroatoms. The molecule has 168 valence electrons. The molecular formula is C20H27Cl2N7O2. The third-order valence-corrected chi connectivity index (χ3v) is 4.86. The van der Waals surface area contributed by atoms with Gasteiger partial charge in [0.05, 0.1) is 11.9 Å². The van der Waals surface area contributed by atoms with Gasteiger partial charge in [0.15, 0.2) is 0 Å². The van der Waals surface area contributed by atoms with Crippen LogP contribution in [0.3, 0.4) is 0 Å². The number of nitrogens with one attached hydrogen (secondary N) is 1. The summed E-state index contributed by atoms with van der Waals surface area (Å²) in [4.78, 5) is 8.18. The Hall–Kier alpha value is -2.49. The lowest BCUT2D eigenvalue weighted by atomic mass is 9.81. The van der Waals surface area contributed by atoms with E-state index in [1.807, 2.05) is 0 Å². The topological polar surface area (TPSA) is 111 Å². The molecule has 4 rings (SSSR count). The molecule has 0 atom stereocenters. The highest BCUT2D eigenvalue weighted by molar-refractivity contribution is 5.85. The summed E-state index contributed by atoms with van der Waals surface area (Å²) in [6, 6.07) is 5.07. The van der Waals surface area contributed by atoms with Crippen LogP contribution in [0.5, 0.6) is 11.6 Å². The molecule has 0 saturated carbocycles. The zero-order valence-corrected chi connectivity index (χ0v) is 19.4. The summed E-state index contributed by atoms with van der Waals surface area (Å²) in [5.74, 6) is 0.453. The summed E-state index contributed by atoms with van der Waals surface area (Å²) in [5.41, 5.74) is 1.39. The fourth-order valence-corrected chi connectivity index (χ4v) is 4.10. The van der Waals surface area contributed by atoms with Crippen molar-refractivity contribution in [1.29, 1.82) is 0 Å². The molecule has 1 saturated heterocycles. The number of halogens is 2. The van der Waals surface area contributed by atoms with Crippen molar-refractivity contribution in [3.8, 4) is 28.7 Å². The molecule has 1 fully saturated rings. The molecule has 9 nitrogen and oxygen atoms in total. The normalized spacial score (nSPS) is 17.3. The number of aromatic hydroxyl groups is 1. The van der Waals surface area contributed by atoms with E-state index in [0.717, 1.165) is 12.8 Å². The van der Waals surface area contributed by atoms with E-state index in [4.69, 9.17) is 4.74 Å². The van der Waals surface area contributed by atoms with Crippen LogP contribution in [-0.2, 0) is 0 Å². The fourth-order valence-electron chi connectivity index (χ4n) is 4.10. The number of aromatic nitrogens is 6. The standard InChI is InChI=1S/C20H25N7O2.2ClH/c1-19(2)8-14(9-20(3,4)26-19)29-17-6-5-15(24-25-17)18-16(28)7-13(10-22-18)27-12-21-11-23-27;;/h5-7,10-12,14,26,28H,8-9H2,1-4H3;2*1H. The molecular weight excluding hydrogens is 441 g/mol. The molecule has 0 aromatic carbocycles. The van der Waals surface area contributed by atoms with Crippen LogP contribution in [0.4, 0.5) is 0 Å². The maximum atomic E-state index is 10.4. The lowest BCUT2D eigenvalue weighted by molar-refractivity contribution is 0.0524. The summed E-state index contributed by atoms with van der Waals surface area (Å²) < 4.78 is 7.62. The number of rotatable bonds is 4. The minimum Gasteiger partial charge on any atom is -0.506 e. The molecule has 0 bridgehead atoms. The molecule has 0 amide bonds. The summed E-state index contributed by atoms with van der Waals surface area (Å²) in [6.07, 6.45) is 6.35. The Morgan fingerprint density at radius 1 is 1.10 bits per heavy atom. The van der Waals surface area contributed by atoms with Crippen LogP contribution in [0.25, 0.3) is 17.1 Å². The number of piperidine rings is 1. The first-order valence-corrected chi connectivity index (χ1v) is 9.55. The molecule has 31 heavy (non-hydrogen) atoms. The van der Waals surface area contributed by atoms with Crippen molar-refractivity contribution in [2.45, 2.75) is 57.7 Å². The van der Waals surface area contributed by atoms with Gasteiger partial charge in [0, 0.05) is 36.1 Å². The monoisotopic (exact) mass is 467 g/mol. The van der Waals surface area contributed by atoms with Gasteiger partial charge in [0.1, 0.15) is 35.9 Å². The minimum atomic E-state index is -0.0126. The van der Waals surface area contributed by atoms with Crippen LogP contribution >= 0.6 is 24.8 Å². The van der Waals surface area contributed by atoms with Gasteiger partial charge in [0.2, 0.25) is 5.88 Å². The summed E-state index contributed by atoms with van der Waals surface area (Å²) in [7, 11) is 0. The largest absolute Gasteiger partial charge is 0.506 e. The van der Waals surface area contributed by atoms with E-state index in [1.165, 1.54) is 17.3 Å². The summed E-state index contributed by atoms with van der Waals surface area (Å²) in [6.45, 7) is 8.71. The van der Waals surface area contributed by atoms with Crippen molar-refractivity contribution in [2.24, 2.45) is 0 Å². The number of hydrogen-bond acceptors (Lipinski definition) is 8. The SMILES string of the molecule is CC1(C)CC(Oc2ccc(-c3ncc(-n4cncn4)cc3O)nn2)CC(C)(C)N1.Cl.Cl. The average molecular weight is 468 g/mol. The Balaban J connectivity index is 0.00000171. The van der Waals surface area contributed by atoms with Gasteiger partial charge in [-0.25, -0.2) is 14.6 Å². The molecule has 0 radical (unpaired) electrons. The number of ether oxygens (including phenoxy) is 1. The second kappa shape index (κ2) is 9.33. The van der Waals surface area contributed by atoms with Crippen LogP contribution in [0.15, 0.2) is 37.1 Å². The smallest absolute Gasteiger partial charge is 0.233 e. The Bertz CT molecular complexity index is 979. The number of hydrogen-bond donors (Lipinski definition) is 2. The van der Waals surface area contributed by atoms with Gasteiger partial charge in [-0.05, 0) is 33.8 Å². The lowest BCUT2D eigenvalue weighted by Gasteiger charge is -2.46. The Morgan fingerprint density at radius 3 is 2.35 bits per heavy atom. The summed E-state index contributed by atoms with van der Waals surface area (Å²) >= 11 is 0. The van der Waals surface area contributed by atoms with E-state index in [2.05, 4.69) is 58.3 Å². The third-order valence-electron chi connectivity index (χ3n) is 4.86. The van der Waals surface area contributed by atoms with E-state index >= 15 is 0 Å². The fraction of sp³-hybridized carbons (Fsp3) is 0.450. The average Bonchev–Trinajstić information content (AvgIpc) is 3.14. The van der Waals surface area contributed by atoms with Crippen molar-refractivity contribution in [2.75, 3.05) is 0 Å². The van der Waals surface area contributed by atoms with Crippen LogP contribution in [0, 0.1) is 0 Å². The number of nitrogens with zero attached hydrogens (tertiary/aromatic N) is 6. The molecule has 4 heterocycles. The van der Waals surface area contributed by atoms with Gasteiger partial charge in [-0.3, -0.25) is 0 Å². The molecule has 0 unspecified atom stereocenters. The second-order valence-corrected chi connectivity index (χ2v) is 8.70. The highest BCUT2D eigenvalue weighted by atomic mass is 35.5. The zero-order chi connectivity index (χ0) is 20.6. The minimum absolute atomic E-state index is 0. The highest BCUT2D eigenvalue weighted by Gasteiger charge is 2.38. The van der Waals surface area contributed by atoms with Gasteiger partial charge in [-0.1, -0.05) is 0 Å². The molecule has 3 aromatic heterocycles. The Labute approximate surface area is 193 Å². The van der Waals surface area contributed by atoms with Gasteiger partial charge in [-0.15, -0.1) is 35.0 Å². The van der Waals surface area contributed by atoms with E-state index in [0.29, 0.717) is 23.0 Å². The predicted octanol–water partition coefficient (Wildman–Crippen LogP) is 3.36. The molecule has 0 spiro atoms. The Morgan fingerprint density at radius 2 is 1.81 bits per heavy atom. The molecule has 0 aliphatic carbocycles. The van der Waals surface area contributed by atoms with E-state index in [-0.39, 0.29) is 47.7 Å². The van der Waals surface area contributed by atoms with Crippen LogP contribution < -0.4 is 10.1 Å². The maximum Gasteiger partial charge on any atom is 0.233 e. The maximum absolute atomic E-state index is 10.4. The van der Waals surface area contributed by atoms with Crippen molar-refractivity contribution < 1.29 is 9.84 Å². The first kappa shape index (κ1) is 24.8. The molecule has 2 N–H and O–H groups in total. The van der Waals surface area contributed by atoms with Gasteiger partial charge in [0.25, 0.3) is 0 Å². The molecule has 1 aliphatic heterocycles. The van der Waals surface area contributed by atoms with Gasteiger partial charge in [-0.2, -0.15) is 5.10 Å². The van der Waals surface area contributed by atoms with E-state index < -0.39 is 0 Å². The quantitative estimate of drug-likeness (QED) is 0.600. The van der Waals surface area contributed by atoms with Crippen LogP contribution in [0.2, 0.25) is 0 Å².